The zero-order valence-electron chi connectivity index (χ0n) is 14.4. The summed E-state index contributed by atoms with van der Waals surface area (Å²) in [5.41, 5.74) is 3.25. The van der Waals surface area contributed by atoms with Gasteiger partial charge in [0.05, 0.1) is 4.90 Å². The molecule has 0 saturated heterocycles. The maximum Gasteiger partial charge on any atom is 0.243 e. The molecule has 5 heteroatoms. The average Bonchev–Trinajstić information content (AvgIpc) is 2.56. The standard InChI is InChI=1S/C20H22BrNO2S/c1-16-6-10-19(11-7-16)5-4-14-22(15-18(3)21)25(23,24)20-12-8-17(2)9-13-20/h4-13H,3,14-15H2,1-2H3/b5-4+. The Balaban J connectivity index is 2.21. The Bertz CT molecular complexity index is 854. The Kier molecular flexibility index (Phi) is 6.76. The SMILES string of the molecule is C=C(Br)CN(C/C=C/c1ccc(C)cc1)S(=O)(=O)c1ccc(C)cc1. The minimum atomic E-state index is -3.58. The maximum absolute atomic E-state index is 12.9. The number of benzene rings is 2. The van der Waals surface area contributed by atoms with Gasteiger partial charge in [-0.15, -0.1) is 0 Å². The Morgan fingerprint density at radius 3 is 2.08 bits per heavy atom. The Morgan fingerprint density at radius 2 is 1.56 bits per heavy atom. The first-order chi connectivity index (χ1) is 11.8. The van der Waals surface area contributed by atoms with Crippen LogP contribution in [0.2, 0.25) is 0 Å². The van der Waals surface area contributed by atoms with E-state index in [1.54, 1.807) is 24.3 Å². The van der Waals surface area contributed by atoms with Gasteiger partial charge in [0.1, 0.15) is 0 Å². The molecule has 0 aliphatic rings. The van der Waals surface area contributed by atoms with Gasteiger partial charge in [-0.05, 0) is 31.5 Å². The van der Waals surface area contributed by atoms with E-state index in [0.29, 0.717) is 4.48 Å². The van der Waals surface area contributed by atoms with Crippen LogP contribution in [0.1, 0.15) is 16.7 Å². The maximum atomic E-state index is 12.9. The molecular formula is C20H22BrNO2S. The number of aryl methyl sites for hydroxylation is 2. The third kappa shape index (κ3) is 5.66. The summed E-state index contributed by atoms with van der Waals surface area (Å²) in [5, 5.41) is 0. The van der Waals surface area contributed by atoms with E-state index in [1.165, 1.54) is 9.87 Å². The second-order valence-corrected chi connectivity index (χ2v) is 9.00. The summed E-state index contributed by atoms with van der Waals surface area (Å²) in [6.07, 6.45) is 3.78. The number of sulfonamides is 1. The van der Waals surface area contributed by atoms with Crippen LogP contribution in [0.25, 0.3) is 6.08 Å². The van der Waals surface area contributed by atoms with Crippen LogP contribution in [0.3, 0.4) is 0 Å². The van der Waals surface area contributed by atoms with Crippen molar-refractivity contribution in [3.05, 3.63) is 82.4 Å². The summed E-state index contributed by atoms with van der Waals surface area (Å²) in [7, 11) is -3.58. The summed E-state index contributed by atoms with van der Waals surface area (Å²) < 4.78 is 27.8. The zero-order chi connectivity index (χ0) is 18.4. The molecule has 0 radical (unpaired) electrons. The van der Waals surface area contributed by atoms with Gasteiger partial charge in [0.2, 0.25) is 10.0 Å². The van der Waals surface area contributed by atoms with Crippen LogP contribution < -0.4 is 0 Å². The lowest BCUT2D eigenvalue weighted by Gasteiger charge is -2.20. The molecule has 3 nitrogen and oxygen atoms in total. The van der Waals surface area contributed by atoms with Crippen LogP contribution in [0.5, 0.6) is 0 Å². The highest BCUT2D eigenvalue weighted by molar-refractivity contribution is 9.11. The van der Waals surface area contributed by atoms with E-state index < -0.39 is 10.0 Å². The topological polar surface area (TPSA) is 37.4 Å². The Labute approximate surface area is 158 Å². The predicted molar refractivity (Wildman–Crippen MR) is 108 cm³/mol. The highest BCUT2D eigenvalue weighted by atomic mass is 79.9. The van der Waals surface area contributed by atoms with E-state index in [9.17, 15) is 8.42 Å². The molecule has 0 unspecified atom stereocenters. The summed E-state index contributed by atoms with van der Waals surface area (Å²) in [6, 6.07) is 15.0. The largest absolute Gasteiger partial charge is 0.243 e. The van der Waals surface area contributed by atoms with Crippen LogP contribution in [-0.4, -0.2) is 25.8 Å². The van der Waals surface area contributed by atoms with Crippen molar-refractivity contribution >= 4 is 32.0 Å². The monoisotopic (exact) mass is 419 g/mol. The quantitative estimate of drug-likeness (QED) is 0.638. The van der Waals surface area contributed by atoms with E-state index in [-0.39, 0.29) is 18.0 Å². The molecule has 0 spiro atoms. The number of hydrogen-bond acceptors (Lipinski definition) is 2. The lowest BCUT2D eigenvalue weighted by atomic mass is 10.1. The summed E-state index contributed by atoms with van der Waals surface area (Å²) in [4.78, 5) is 0.288. The van der Waals surface area contributed by atoms with Gasteiger partial charge in [-0.25, -0.2) is 8.42 Å². The third-order valence-electron chi connectivity index (χ3n) is 3.70. The first kappa shape index (κ1) is 19.6. The van der Waals surface area contributed by atoms with Gasteiger partial charge >= 0.3 is 0 Å². The van der Waals surface area contributed by atoms with Crippen LogP contribution >= 0.6 is 15.9 Å². The number of hydrogen-bond donors (Lipinski definition) is 0. The molecule has 0 atom stereocenters. The van der Waals surface area contributed by atoms with Crippen molar-refractivity contribution < 1.29 is 8.42 Å². The Morgan fingerprint density at radius 1 is 1.04 bits per heavy atom. The first-order valence-electron chi connectivity index (χ1n) is 7.92. The second kappa shape index (κ2) is 8.61. The fourth-order valence-electron chi connectivity index (χ4n) is 2.28. The molecule has 2 aromatic rings. The minimum absolute atomic E-state index is 0.217. The first-order valence-corrected chi connectivity index (χ1v) is 10.2. The highest BCUT2D eigenvalue weighted by Gasteiger charge is 2.23. The molecule has 25 heavy (non-hydrogen) atoms. The molecule has 2 rings (SSSR count). The van der Waals surface area contributed by atoms with Crippen molar-refractivity contribution in [3.8, 4) is 0 Å². The number of nitrogens with zero attached hydrogens (tertiary/aromatic N) is 1. The van der Waals surface area contributed by atoms with E-state index in [2.05, 4.69) is 22.5 Å². The summed E-state index contributed by atoms with van der Waals surface area (Å²) in [6.45, 7) is 8.23. The van der Waals surface area contributed by atoms with Crippen molar-refractivity contribution in [2.75, 3.05) is 13.1 Å². The molecule has 0 aliphatic heterocycles. The fourth-order valence-corrected chi connectivity index (χ4v) is 4.14. The van der Waals surface area contributed by atoms with Gasteiger partial charge in [0.25, 0.3) is 0 Å². The van der Waals surface area contributed by atoms with Crippen LogP contribution in [-0.2, 0) is 10.0 Å². The molecule has 2 aromatic carbocycles. The molecule has 0 amide bonds. The van der Waals surface area contributed by atoms with Crippen LogP contribution in [0.15, 0.2) is 70.6 Å². The minimum Gasteiger partial charge on any atom is -0.207 e. The average molecular weight is 420 g/mol. The molecule has 0 N–H and O–H groups in total. The zero-order valence-corrected chi connectivity index (χ0v) is 16.8. The normalized spacial score (nSPS) is 12.0. The molecule has 0 aromatic heterocycles. The lowest BCUT2D eigenvalue weighted by Crippen LogP contribution is -2.32. The van der Waals surface area contributed by atoms with Gasteiger partial charge in [-0.3, -0.25) is 0 Å². The third-order valence-corrected chi connectivity index (χ3v) is 5.78. The van der Waals surface area contributed by atoms with Crippen molar-refractivity contribution in [2.24, 2.45) is 0 Å². The number of halogens is 1. The van der Waals surface area contributed by atoms with Gasteiger partial charge in [0, 0.05) is 17.6 Å². The molecule has 0 bridgehead atoms. The second-order valence-electron chi connectivity index (χ2n) is 5.94. The van der Waals surface area contributed by atoms with E-state index in [0.717, 1.165) is 11.1 Å². The molecule has 0 saturated carbocycles. The fraction of sp³-hybridized carbons (Fsp3) is 0.200. The molecular weight excluding hydrogens is 398 g/mol. The van der Waals surface area contributed by atoms with Crippen LogP contribution in [0, 0.1) is 13.8 Å². The van der Waals surface area contributed by atoms with E-state index >= 15 is 0 Å². The molecule has 0 heterocycles. The van der Waals surface area contributed by atoms with Gasteiger partial charge < -0.3 is 0 Å². The van der Waals surface area contributed by atoms with E-state index in [4.69, 9.17) is 0 Å². The number of rotatable bonds is 7. The van der Waals surface area contributed by atoms with Gasteiger partial charge in [-0.1, -0.05) is 82.2 Å². The van der Waals surface area contributed by atoms with E-state index in [1.807, 2.05) is 50.3 Å². The smallest absolute Gasteiger partial charge is 0.207 e. The molecule has 0 fully saturated rings. The van der Waals surface area contributed by atoms with Crippen molar-refractivity contribution in [3.63, 3.8) is 0 Å². The van der Waals surface area contributed by atoms with Crippen molar-refractivity contribution in [1.82, 2.24) is 4.31 Å². The summed E-state index contributed by atoms with van der Waals surface area (Å²) in [5.74, 6) is 0. The van der Waals surface area contributed by atoms with Crippen molar-refractivity contribution in [1.29, 1.82) is 0 Å². The lowest BCUT2D eigenvalue weighted by molar-refractivity contribution is 0.473. The predicted octanol–water partition coefficient (Wildman–Crippen LogP) is 4.92. The Hall–Kier alpha value is -1.69. The van der Waals surface area contributed by atoms with Gasteiger partial charge in [0.15, 0.2) is 0 Å². The highest BCUT2D eigenvalue weighted by Crippen LogP contribution is 2.19. The summed E-state index contributed by atoms with van der Waals surface area (Å²) >= 11 is 3.27. The molecule has 0 aliphatic carbocycles. The van der Waals surface area contributed by atoms with Crippen molar-refractivity contribution in [2.45, 2.75) is 18.7 Å². The molecule has 132 valence electrons. The van der Waals surface area contributed by atoms with Crippen LogP contribution in [0.4, 0.5) is 0 Å². The van der Waals surface area contributed by atoms with Gasteiger partial charge in [-0.2, -0.15) is 4.31 Å².